The molecule has 3 aromatic rings. The Morgan fingerprint density at radius 1 is 1.10 bits per heavy atom. The average molecular weight is 404 g/mol. The van der Waals surface area contributed by atoms with Crippen LogP contribution in [0.25, 0.3) is 11.1 Å². The maximum absolute atomic E-state index is 12.4. The number of phenols is 1. The Hall–Kier alpha value is -3.87. The molecule has 0 bridgehead atoms. The van der Waals surface area contributed by atoms with Crippen molar-refractivity contribution in [3.8, 4) is 22.8 Å². The molecule has 0 unspecified atom stereocenters. The molecule has 0 fully saturated rings. The molecular weight excluding hydrogens is 380 g/mol. The molecule has 0 spiro atoms. The van der Waals surface area contributed by atoms with Gasteiger partial charge in [0.2, 0.25) is 5.88 Å². The van der Waals surface area contributed by atoms with Gasteiger partial charge in [-0.2, -0.15) is 0 Å². The van der Waals surface area contributed by atoms with Gasteiger partial charge < -0.3 is 20.9 Å². The minimum Gasteiger partial charge on any atom is -0.508 e. The van der Waals surface area contributed by atoms with Crippen molar-refractivity contribution in [2.45, 2.75) is 12.8 Å². The Morgan fingerprint density at radius 2 is 1.80 bits per heavy atom. The van der Waals surface area contributed by atoms with Crippen LogP contribution in [0.3, 0.4) is 0 Å². The van der Waals surface area contributed by atoms with E-state index in [9.17, 15) is 9.90 Å². The molecule has 1 amide bonds. The van der Waals surface area contributed by atoms with Gasteiger partial charge >= 0.3 is 0 Å². The molecule has 0 aliphatic rings. The molecule has 0 saturated carbocycles. The Kier molecular flexibility index (Phi) is 6.64. The Labute approximate surface area is 175 Å². The summed E-state index contributed by atoms with van der Waals surface area (Å²) in [6.07, 6.45) is 2.94. The molecule has 7 nitrogen and oxygen atoms in total. The zero-order valence-electron chi connectivity index (χ0n) is 16.7. The van der Waals surface area contributed by atoms with E-state index in [-0.39, 0.29) is 17.5 Å². The molecule has 30 heavy (non-hydrogen) atoms. The first-order valence-corrected chi connectivity index (χ1v) is 9.53. The predicted octanol–water partition coefficient (Wildman–Crippen LogP) is 3.11. The number of hydrogen-bond donors (Lipinski definition) is 4. The van der Waals surface area contributed by atoms with Crippen LogP contribution < -0.4 is 15.8 Å². The third-order valence-corrected chi connectivity index (χ3v) is 4.72. The summed E-state index contributed by atoms with van der Waals surface area (Å²) in [6.45, 7) is 0.465. The number of carbonyl (C=O) groups is 1. The number of phenolic OH excluding ortho intramolecular Hbond substituents is 1. The van der Waals surface area contributed by atoms with E-state index in [0.717, 1.165) is 11.1 Å². The van der Waals surface area contributed by atoms with Crippen LogP contribution in [0.4, 0.5) is 0 Å². The normalized spacial score (nSPS) is 10.4. The average Bonchev–Trinajstić information content (AvgIpc) is 2.77. The zero-order chi connectivity index (χ0) is 21.5. The van der Waals surface area contributed by atoms with E-state index in [1.807, 2.05) is 18.2 Å². The van der Waals surface area contributed by atoms with Crippen LogP contribution in [0.1, 0.15) is 27.9 Å². The summed E-state index contributed by atoms with van der Waals surface area (Å²) in [4.78, 5) is 16.6. The number of aromatic hydroxyl groups is 1. The predicted molar refractivity (Wildman–Crippen MR) is 116 cm³/mol. The van der Waals surface area contributed by atoms with Gasteiger partial charge in [0, 0.05) is 35.5 Å². The molecule has 2 aromatic carbocycles. The number of ether oxygens (including phenoxy) is 1. The fourth-order valence-electron chi connectivity index (χ4n) is 3.02. The minimum atomic E-state index is -0.156. The first kappa shape index (κ1) is 20.9. The summed E-state index contributed by atoms with van der Waals surface area (Å²) in [5.41, 5.74) is 9.23. The van der Waals surface area contributed by atoms with E-state index in [1.165, 1.54) is 6.07 Å². The minimum absolute atomic E-state index is 0.0431. The second-order valence-electron chi connectivity index (χ2n) is 6.78. The Bertz CT molecular complexity index is 1030. The molecule has 1 heterocycles. The fourth-order valence-corrected chi connectivity index (χ4v) is 3.02. The van der Waals surface area contributed by atoms with Gasteiger partial charge in [0.1, 0.15) is 11.6 Å². The number of benzene rings is 2. The van der Waals surface area contributed by atoms with Gasteiger partial charge in [0.05, 0.1) is 7.11 Å². The van der Waals surface area contributed by atoms with E-state index in [1.54, 1.807) is 43.6 Å². The topological polar surface area (TPSA) is 121 Å². The van der Waals surface area contributed by atoms with Gasteiger partial charge in [0.15, 0.2) is 0 Å². The van der Waals surface area contributed by atoms with Gasteiger partial charge in [-0.3, -0.25) is 10.2 Å². The molecule has 154 valence electrons. The number of carbonyl (C=O) groups excluding carboxylic acids is 1. The van der Waals surface area contributed by atoms with E-state index >= 15 is 0 Å². The maximum atomic E-state index is 12.4. The lowest BCUT2D eigenvalue weighted by molar-refractivity contribution is 0.0953. The lowest BCUT2D eigenvalue weighted by Gasteiger charge is -2.09. The smallest absolute Gasteiger partial charge is 0.251 e. The van der Waals surface area contributed by atoms with Crippen molar-refractivity contribution >= 4 is 11.7 Å². The van der Waals surface area contributed by atoms with Crippen LogP contribution in [0.2, 0.25) is 0 Å². The Morgan fingerprint density at radius 3 is 2.43 bits per heavy atom. The van der Waals surface area contributed by atoms with Gasteiger partial charge in [-0.25, -0.2) is 4.98 Å². The second kappa shape index (κ2) is 9.56. The van der Waals surface area contributed by atoms with Crippen LogP contribution in [0.5, 0.6) is 11.6 Å². The number of pyridine rings is 1. The van der Waals surface area contributed by atoms with E-state index in [0.29, 0.717) is 42.0 Å². The van der Waals surface area contributed by atoms with Crippen molar-refractivity contribution in [1.82, 2.24) is 10.3 Å². The number of hydrogen-bond acceptors (Lipinski definition) is 5. The molecular formula is C23H24N4O3. The summed E-state index contributed by atoms with van der Waals surface area (Å²) in [6, 6.07) is 15.9. The highest BCUT2D eigenvalue weighted by Gasteiger charge is 2.08. The maximum Gasteiger partial charge on any atom is 0.251 e. The lowest BCUT2D eigenvalue weighted by Crippen LogP contribution is -2.24. The lowest BCUT2D eigenvalue weighted by atomic mass is 10.0. The monoisotopic (exact) mass is 404 g/mol. The fraction of sp³-hybridized carbons (Fsp3) is 0.174. The van der Waals surface area contributed by atoms with Gasteiger partial charge in [-0.15, -0.1) is 0 Å². The molecule has 0 atom stereocenters. The number of nitrogens with one attached hydrogen (secondary N) is 2. The van der Waals surface area contributed by atoms with Crippen molar-refractivity contribution in [1.29, 1.82) is 5.41 Å². The van der Waals surface area contributed by atoms with Gasteiger partial charge in [-0.1, -0.05) is 12.1 Å². The number of methoxy groups -OCH3 is 1. The molecule has 0 aliphatic heterocycles. The quantitative estimate of drug-likeness (QED) is 0.261. The molecule has 5 N–H and O–H groups in total. The number of aryl methyl sites for hydroxylation is 1. The van der Waals surface area contributed by atoms with E-state index in [2.05, 4.69) is 10.3 Å². The number of rotatable bonds is 8. The third kappa shape index (κ3) is 5.14. The first-order chi connectivity index (χ1) is 14.5. The van der Waals surface area contributed by atoms with Crippen molar-refractivity contribution in [3.63, 3.8) is 0 Å². The van der Waals surface area contributed by atoms with Gasteiger partial charge in [0.25, 0.3) is 5.91 Å². The highest BCUT2D eigenvalue weighted by atomic mass is 16.5. The summed E-state index contributed by atoms with van der Waals surface area (Å²) in [5.74, 6) is 0.514. The van der Waals surface area contributed by atoms with Crippen LogP contribution in [0, 0.1) is 5.41 Å². The highest BCUT2D eigenvalue weighted by molar-refractivity contribution is 5.95. The molecule has 3 rings (SSSR count). The van der Waals surface area contributed by atoms with Crippen LogP contribution in [-0.4, -0.2) is 35.5 Å². The summed E-state index contributed by atoms with van der Waals surface area (Å²) >= 11 is 0. The Balaban J connectivity index is 1.52. The first-order valence-electron chi connectivity index (χ1n) is 9.53. The van der Waals surface area contributed by atoms with Crippen molar-refractivity contribution < 1.29 is 14.6 Å². The molecule has 0 aliphatic carbocycles. The molecule has 1 aromatic heterocycles. The van der Waals surface area contributed by atoms with Crippen LogP contribution >= 0.6 is 0 Å². The van der Waals surface area contributed by atoms with Crippen molar-refractivity contribution in [2.75, 3.05) is 13.7 Å². The number of nitrogens with zero attached hydrogens (tertiary/aromatic N) is 1. The van der Waals surface area contributed by atoms with Crippen LogP contribution in [-0.2, 0) is 6.42 Å². The summed E-state index contributed by atoms with van der Waals surface area (Å²) < 4.78 is 5.06. The highest BCUT2D eigenvalue weighted by Crippen LogP contribution is 2.21. The molecule has 0 radical (unpaired) electrons. The molecule has 7 heteroatoms. The standard InChI is InChI=1S/C23H24N4O3/c1-30-21-11-9-19(14-27-21)15-4-6-16(7-5-15)23(29)26-12-2-3-17-13-18(22(24)25)8-10-20(17)28/h4-11,13-14,28H,2-3,12H2,1H3,(H3,24,25)(H,26,29). The molecule has 0 saturated heterocycles. The number of aromatic nitrogens is 1. The van der Waals surface area contributed by atoms with E-state index in [4.69, 9.17) is 15.9 Å². The number of amidine groups is 1. The zero-order valence-corrected chi connectivity index (χ0v) is 16.7. The number of amides is 1. The second-order valence-corrected chi connectivity index (χ2v) is 6.78. The van der Waals surface area contributed by atoms with Crippen molar-refractivity contribution in [2.24, 2.45) is 5.73 Å². The van der Waals surface area contributed by atoms with Crippen LogP contribution in [0.15, 0.2) is 60.8 Å². The van der Waals surface area contributed by atoms with Crippen molar-refractivity contribution in [3.05, 3.63) is 77.5 Å². The van der Waals surface area contributed by atoms with Gasteiger partial charge in [-0.05, 0) is 60.4 Å². The number of nitrogens with two attached hydrogens (primary N) is 1. The third-order valence-electron chi connectivity index (χ3n) is 4.72. The summed E-state index contributed by atoms with van der Waals surface area (Å²) in [5, 5.41) is 20.3. The SMILES string of the molecule is COc1ccc(-c2ccc(C(=O)NCCCc3cc(C(=N)N)ccc3O)cc2)cn1. The largest absolute Gasteiger partial charge is 0.508 e. The van der Waals surface area contributed by atoms with E-state index < -0.39 is 0 Å². The summed E-state index contributed by atoms with van der Waals surface area (Å²) in [7, 11) is 1.57. The number of nitrogen functional groups attached to an aromatic ring is 1.